The first-order valence-corrected chi connectivity index (χ1v) is 9.45. The van der Waals surface area contributed by atoms with E-state index in [0.29, 0.717) is 5.69 Å². The molecule has 1 aliphatic rings. The van der Waals surface area contributed by atoms with Crippen LogP contribution < -0.4 is 15.4 Å². The Balaban J connectivity index is 0.00000243. The van der Waals surface area contributed by atoms with Gasteiger partial charge in [0.05, 0.1) is 17.1 Å². The largest absolute Gasteiger partial charge is 0.321 e. The Kier molecular flexibility index (Phi) is 6.70. The van der Waals surface area contributed by atoms with Crippen LogP contribution in [0.3, 0.4) is 0 Å². The summed E-state index contributed by atoms with van der Waals surface area (Å²) < 4.78 is 27.6. The fourth-order valence-corrected chi connectivity index (χ4v) is 3.46. The van der Waals surface area contributed by atoms with Crippen molar-refractivity contribution >= 4 is 34.0 Å². The zero-order valence-electron chi connectivity index (χ0n) is 14.2. The van der Waals surface area contributed by atoms with Crippen LogP contribution in [0.4, 0.5) is 5.69 Å². The molecule has 0 aliphatic carbocycles. The van der Waals surface area contributed by atoms with Crippen LogP contribution in [0.5, 0.6) is 0 Å². The molecule has 26 heavy (non-hydrogen) atoms. The third-order valence-corrected chi connectivity index (χ3v) is 5.51. The van der Waals surface area contributed by atoms with E-state index in [0.717, 1.165) is 25.9 Å². The van der Waals surface area contributed by atoms with Crippen LogP contribution in [-0.4, -0.2) is 49.5 Å². The second-order valence-corrected chi connectivity index (χ2v) is 7.64. The highest BCUT2D eigenvalue weighted by Gasteiger charge is 2.19. The molecule has 1 aromatic carbocycles. The Bertz CT molecular complexity index is 864. The smallest absolute Gasteiger partial charge is 0.277 e. The standard InChI is InChI=1S/C15H20N6O3S.ClH/c1-16-25(23,24)13-4-2-3-11(9-13)18-15(22)14-10-21(20-19-14)12-5-7-17-8-6-12;/h2-4,9-10,12,16-17H,5-8H2,1H3,(H,18,22);1H. The van der Waals surface area contributed by atoms with E-state index in [4.69, 9.17) is 0 Å². The summed E-state index contributed by atoms with van der Waals surface area (Å²) >= 11 is 0. The number of benzene rings is 1. The molecule has 0 radical (unpaired) electrons. The quantitative estimate of drug-likeness (QED) is 0.682. The summed E-state index contributed by atoms with van der Waals surface area (Å²) in [6.45, 7) is 1.83. The number of rotatable bonds is 5. The zero-order valence-corrected chi connectivity index (χ0v) is 15.8. The Morgan fingerprint density at radius 2 is 2.04 bits per heavy atom. The van der Waals surface area contributed by atoms with Gasteiger partial charge in [-0.15, -0.1) is 17.5 Å². The molecule has 3 rings (SSSR count). The fraction of sp³-hybridized carbons (Fsp3) is 0.400. The van der Waals surface area contributed by atoms with Crippen molar-refractivity contribution < 1.29 is 13.2 Å². The normalized spacial score (nSPS) is 15.3. The number of nitrogens with one attached hydrogen (secondary N) is 3. The maximum Gasteiger partial charge on any atom is 0.277 e. The van der Waals surface area contributed by atoms with Crippen molar-refractivity contribution in [2.24, 2.45) is 0 Å². The average molecular weight is 401 g/mol. The molecule has 1 amide bonds. The van der Waals surface area contributed by atoms with Crippen LogP contribution in [0.1, 0.15) is 29.4 Å². The van der Waals surface area contributed by atoms with Crippen molar-refractivity contribution in [2.75, 3.05) is 25.5 Å². The van der Waals surface area contributed by atoms with Gasteiger partial charge in [-0.2, -0.15) is 0 Å². The topological polar surface area (TPSA) is 118 Å². The number of piperidine rings is 1. The van der Waals surface area contributed by atoms with Gasteiger partial charge in [0.15, 0.2) is 5.69 Å². The van der Waals surface area contributed by atoms with Gasteiger partial charge >= 0.3 is 0 Å². The van der Waals surface area contributed by atoms with E-state index in [1.165, 1.54) is 19.2 Å². The number of anilines is 1. The third kappa shape index (κ3) is 4.58. The summed E-state index contributed by atoms with van der Waals surface area (Å²) in [5.41, 5.74) is 0.568. The monoisotopic (exact) mass is 400 g/mol. The number of hydrogen-bond donors (Lipinski definition) is 3. The van der Waals surface area contributed by atoms with Crippen molar-refractivity contribution in [3.8, 4) is 0 Å². The van der Waals surface area contributed by atoms with Crippen LogP contribution in [0, 0.1) is 0 Å². The highest BCUT2D eigenvalue weighted by Crippen LogP contribution is 2.18. The van der Waals surface area contributed by atoms with Gasteiger partial charge in [0.25, 0.3) is 5.91 Å². The Labute approximate surface area is 158 Å². The van der Waals surface area contributed by atoms with Crippen molar-refractivity contribution in [3.63, 3.8) is 0 Å². The Morgan fingerprint density at radius 1 is 1.31 bits per heavy atom. The van der Waals surface area contributed by atoms with Crippen LogP contribution in [-0.2, 0) is 10.0 Å². The second kappa shape index (κ2) is 8.58. The molecule has 2 heterocycles. The van der Waals surface area contributed by atoms with Crippen molar-refractivity contribution in [1.82, 2.24) is 25.0 Å². The van der Waals surface area contributed by atoms with Gasteiger partial charge in [-0.1, -0.05) is 11.3 Å². The zero-order chi connectivity index (χ0) is 17.9. The molecular formula is C15H21ClN6O3S. The van der Waals surface area contributed by atoms with E-state index < -0.39 is 15.9 Å². The van der Waals surface area contributed by atoms with Crippen LogP contribution in [0.2, 0.25) is 0 Å². The minimum absolute atomic E-state index is 0. The summed E-state index contributed by atoms with van der Waals surface area (Å²) in [5, 5.41) is 13.9. The highest BCUT2D eigenvalue weighted by molar-refractivity contribution is 7.89. The maximum absolute atomic E-state index is 12.3. The maximum atomic E-state index is 12.3. The fourth-order valence-electron chi connectivity index (χ4n) is 2.68. The molecule has 1 fully saturated rings. The SMILES string of the molecule is CNS(=O)(=O)c1cccc(NC(=O)c2cn(C3CCNCC3)nn2)c1.Cl. The van der Waals surface area contributed by atoms with Crippen LogP contribution in [0.25, 0.3) is 0 Å². The van der Waals surface area contributed by atoms with Gasteiger partial charge in [0.1, 0.15) is 0 Å². The first kappa shape index (κ1) is 20.3. The van der Waals surface area contributed by atoms with Gasteiger partial charge in [0, 0.05) is 5.69 Å². The third-order valence-electron chi connectivity index (χ3n) is 4.10. The number of nitrogens with zero attached hydrogens (tertiary/aromatic N) is 3. The predicted molar refractivity (Wildman–Crippen MR) is 99.1 cm³/mol. The van der Waals surface area contributed by atoms with Gasteiger partial charge in [0.2, 0.25) is 10.0 Å². The first-order valence-electron chi connectivity index (χ1n) is 7.97. The molecule has 1 aliphatic heterocycles. The van der Waals surface area contributed by atoms with E-state index >= 15 is 0 Å². The number of carbonyl (C=O) groups excluding carboxylic acids is 1. The van der Waals surface area contributed by atoms with Gasteiger partial charge < -0.3 is 10.6 Å². The second-order valence-electron chi connectivity index (χ2n) is 5.75. The van der Waals surface area contributed by atoms with E-state index in [1.807, 2.05) is 0 Å². The summed E-state index contributed by atoms with van der Waals surface area (Å²) in [4.78, 5) is 12.4. The average Bonchev–Trinajstić information content (AvgIpc) is 3.13. The minimum Gasteiger partial charge on any atom is -0.321 e. The van der Waals surface area contributed by atoms with Crippen LogP contribution >= 0.6 is 12.4 Å². The lowest BCUT2D eigenvalue weighted by molar-refractivity contribution is 0.102. The molecule has 0 unspecified atom stereocenters. The molecule has 1 saturated heterocycles. The number of hydrogen-bond acceptors (Lipinski definition) is 6. The Morgan fingerprint density at radius 3 is 2.73 bits per heavy atom. The van der Waals surface area contributed by atoms with E-state index in [9.17, 15) is 13.2 Å². The molecule has 11 heteroatoms. The van der Waals surface area contributed by atoms with E-state index in [-0.39, 0.29) is 29.0 Å². The summed E-state index contributed by atoms with van der Waals surface area (Å²) in [6.07, 6.45) is 3.50. The summed E-state index contributed by atoms with van der Waals surface area (Å²) in [7, 11) is -2.24. The van der Waals surface area contributed by atoms with Crippen molar-refractivity contribution in [2.45, 2.75) is 23.8 Å². The lowest BCUT2D eigenvalue weighted by Crippen LogP contribution is -2.29. The molecule has 9 nitrogen and oxygen atoms in total. The molecule has 1 aromatic heterocycles. The Hall–Kier alpha value is -2.01. The van der Waals surface area contributed by atoms with Crippen molar-refractivity contribution in [3.05, 3.63) is 36.2 Å². The van der Waals surface area contributed by atoms with E-state index in [1.54, 1.807) is 23.0 Å². The molecule has 2 aromatic rings. The molecule has 0 spiro atoms. The minimum atomic E-state index is -3.57. The molecule has 3 N–H and O–H groups in total. The summed E-state index contributed by atoms with van der Waals surface area (Å²) in [5.74, 6) is -0.431. The number of carbonyl (C=O) groups is 1. The molecule has 0 bridgehead atoms. The molecule has 142 valence electrons. The number of aromatic nitrogens is 3. The van der Waals surface area contributed by atoms with E-state index in [2.05, 4.69) is 25.7 Å². The number of amides is 1. The number of halogens is 1. The highest BCUT2D eigenvalue weighted by atomic mass is 35.5. The van der Waals surface area contributed by atoms with Gasteiger partial charge in [-0.05, 0) is 51.2 Å². The lowest BCUT2D eigenvalue weighted by Gasteiger charge is -2.22. The summed E-state index contributed by atoms with van der Waals surface area (Å²) in [6, 6.07) is 6.25. The molecule has 0 saturated carbocycles. The van der Waals surface area contributed by atoms with Gasteiger partial charge in [-0.25, -0.2) is 17.8 Å². The van der Waals surface area contributed by atoms with Crippen LogP contribution in [0.15, 0.2) is 35.4 Å². The molecular weight excluding hydrogens is 380 g/mol. The van der Waals surface area contributed by atoms with Crippen molar-refractivity contribution in [1.29, 1.82) is 0 Å². The van der Waals surface area contributed by atoms with Gasteiger partial charge in [-0.3, -0.25) is 4.79 Å². The lowest BCUT2D eigenvalue weighted by atomic mass is 10.1. The number of sulfonamides is 1. The predicted octanol–water partition coefficient (Wildman–Crippen LogP) is 0.785. The molecule has 0 atom stereocenters. The first-order chi connectivity index (χ1) is 12.0.